The van der Waals surface area contributed by atoms with Crippen LogP contribution in [0.4, 0.5) is 20.2 Å². The second-order valence-electron chi connectivity index (χ2n) is 3.34. The highest BCUT2D eigenvalue weighted by atomic mass is 32.1. The summed E-state index contributed by atoms with van der Waals surface area (Å²) in [6, 6.07) is 1.39. The Kier molecular flexibility index (Phi) is 3.47. The van der Waals surface area contributed by atoms with Gasteiger partial charge in [-0.2, -0.15) is 0 Å². The van der Waals surface area contributed by atoms with E-state index < -0.39 is 33.8 Å². The van der Waals surface area contributed by atoms with Gasteiger partial charge in [-0.25, -0.2) is 13.8 Å². The number of nitro benzene ring substituents is 1. The number of nitrogens with zero attached hydrogens (tertiary/aromatic N) is 2. The Balaban J connectivity index is 2.41. The molecule has 1 aromatic heterocycles. The number of nitrogens with one attached hydrogen (secondary N) is 1. The number of aromatic nitrogens is 1. The highest BCUT2D eigenvalue weighted by molar-refractivity contribution is 7.07. The van der Waals surface area contributed by atoms with E-state index in [0.717, 1.165) is 17.4 Å². The van der Waals surface area contributed by atoms with Crippen molar-refractivity contribution < 1.29 is 18.5 Å². The van der Waals surface area contributed by atoms with Gasteiger partial charge in [0, 0.05) is 11.4 Å². The Morgan fingerprint density at radius 1 is 1.42 bits per heavy atom. The number of benzene rings is 1. The van der Waals surface area contributed by atoms with E-state index in [-0.39, 0.29) is 5.69 Å². The third kappa shape index (κ3) is 2.55. The largest absolute Gasteiger partial charge is 0.312 e. The SMILES string of the molecule is O=C(Nc1c([N+](=O)[O-])ccc(F)c1F)c1cscn1. The fourth-order valence-electron chi connectivity index (χ4n) is 1.31. The number of hydrogen-bond donors (Lipinski definition) is 1. The van der Waals surface area contributed by atoms with Crippen molar-refractivity contribution in [2.24, 2.45) is 0 Å². The van der Waals surface area contributed by atoms with Crippen molar-refractivity contribution in [3.63, 3.8) is 0 Å². The van der Waals surface area contributed by atoms with Crippen LogP contribution < -0.4 is 5.32 Å². The highest BCUT2D eigenvalue weighted by Crippen LogP contribution is 2.29. The van der Waals surface area contributed by atoms with E-state index in [2.05, 4.69) is 4.98 Å². The molecule has 2 aromatic rings. The molecule has 0 aliphatic rings. The molecule has 1 N–H and O–H groups in total. The van der Waals surface area contributed by atoms with Gasteiger partial charge in [0.15, 0.2) is 17.3 Å². The molecule has 0 bridgehead atoms. The third-order valence-corrected chi connectivity index (χ3v) is 2.76. The monoisotopic (exact) mass is 285 g/mol. The van der Waals surface area contributed by atoms with Gasteiger partial charge >= 0.3 is 0 Å². The average molecular weight is 285 g/mol. The summed E-state index contributed by atoms with van der Waals surface area (Å²) in [6.45, 7) is 0. The van der Waals surface area contributed by atoms with E-state index in [1.807, 2.05) is 5.32 Å². The summed E-state index contributed by atoms with van der Waals surface area (Å²) in [6.07, 6.45) is 0. The Hall–Kier alpha value is -2.42. The van der Waals surface area contributed by atoms with Crippen molar-refractivity contribution >= 4 is 28.6 Å². The van der Waals surface area contributed by atoms with Gasteiger partial charge in [-0.05, 0) is 6.07 Å². The minimum absolute atomic E-state index is 0.0389. The number of nitro groups is 1. The molecule has 0 aliphatic carbocycles. The number of carbonyl (C=O) groups is 1. The van der Waals surface area contributed by atoms with E-state index in [0.29, 0.717) is 6.07 Å². The average Bonchev–Trinajstić information content (AvgIpc) is 2.88. The fourth-order valence-corrected chi connectivity index (χ4v) is 1.85. The Morgan fingerprint density at radius 3 is 2.74 bits per heavy atom. The molecule has 0 atom stereocenters. The fraction of sp³-hybridized carbons (Fsp3) is 0. The van der Waals surface area contributed by atoms with Crippen LogP contribution in [0.2, 0.25) is 0 Å². The molecule has 1 heterocycles. The van der Waals surface area contributed by atoms with Crippen molar-refractivity contribution in [1.29, 1.82) is 0 Å². The lowest BCUT2D eigenvalue weighted by Crippen LogP contribution is -2.15. The molecule has 0 fully saturated rings. The van der Waals surface area contributed by atoms with Crippen LogP contribution in [0.25, 0.3) is 0 Å². The summed E-state index contributed by atoms with van der Waals surface area (Å²) < 4.78 is 26.6. The molecule has 1 amide bonds. The Morgan fingerprint density at radius 2 is 2.16 bits per heavy atom. The first-order valence-corrected chi connectivity index (χ1v) is 5.77. The van der Waals surface area contributed by atoms with Crippen LogP contribution in [0.3, 0.4) is 0 Å². The molecule has 0 spiro atoms. The van der Waals surface area contributed by atoms with Crippen molar-refractivity contribution in [1.82, 2.24) is 4.98 Å². The van der Waals surface area contributed by atoms with E-state index in [9.17, 15) is 23.7 Å². The number of carbonyl (C=O) groups excluding carboxylic acids is 1. The standard InChI is InChI=1S/C10H5F2N3O3S/c11-5-1-2-7(15(17)18)9(8(5)12)14-10(16)6-3-19-4-13-6/h1-4H,(H,14,16). The second kappa shape index (κ2) is 5.06. The van der Waals surface area contributed by atoms with Gasteiger partial charge in [-0.3, -0.25) is 14.9 Å². The molecule has 0 radical (unpaired) electrons. The molecule has 6 nitrogen and oxygen atoms in total. The van der Waals surface area contributed by atoms with Crippen LogP contribution in [-0.2, 0) is 0 Å². The van der Waals surface area contributed by atoms with Crippen molar-refractivity contribution in [3.8, 4) is 0 Å². The van der Waals surface area contributed by atoms with Crippen LogP contribution in [0.5, 0.6) is 0 Å². The third-order valence-electron chi connectivity index (χ3n) is 2.17. The lowest BCUT2D eigenvalue weighted by Gasteiger charge is -2.06. The minimum Gasteiger partial charge on any atom is -0.312 e. The van der Waals surface area contributed by atoms with Gasteiger partial charge in [0.05, 0.1) is 10.4 Å². The first-order valence-electron chi connectivity index (χ1n) is 4.82. The lowest BCUT2D eigenvalue weighted by atomic mass is 10.2. The zero-order valence-electron chi connectivity index (χ0n) is 9.09. The quantitative estimate of drug-likeness (QED) is 0.693. The summed E-state index contributed by atoms with van der Waals surface area (Å²) in [5.74, 6) is -3.63. The maximum absolute atomic E-state index is 13.5. The Labute approximate surface area is 108 Å². The first-order chi connectivity index (χ1) is 9.00. The molecule has 19 heavy (non-hydrogen) atoms. The van der Waals surface area contributed by atoms with Gasteiger partial charge in [0.25, 0.3) is 11.6 Å². The van der Waals surface area contributed by atoms with Crippen LogP contribution in [0.1, 0.15) is 10.5 Å². The molecular weight excluding hydrogens is 280 g/mol. The van der Waals surface area contributed by atoms with Gasteiger partial charge in [-0.1, -0.05) is 0 Å². The maximum Gasteiger partial charge on any atom is 0.296 e. The first kappa shape index (κ1) is 13.0. The highest BCUT2D eigenvalue weighted by Gasteiger charge is 2.24. The molecule has 0 saturated heterocycles. The van der Waals surface area contributed by atoms with E-state index >= 15 is 0 Å². The number of halogens is 2. The Bertz CT molecular complexity index is 646. The lowest BCUT2D eigenvalue weighted by molar-refractivity contribution is -0.384. The smallest absolute Gasteiger partial charge is 0.296 e. The number of amides is 1. The van der Waals surface area contributed by atoms with Gasteiger partial charge in [0.2, 0.25) is 0 Å². The van der Waals surface area contributed by atoms with Gasteiger partial charge in [-0.15, -0.1) is 11.3 Å². The topological polar surface area (TPSA) is 85.1 Å². The zero-order valence-corrected chi connectivity index (χ0v) is 9.91. The minimum atomic E-state index is -1.49. The van der Waals surface area contributed by atoms with E-state index in [4.69, 9.17) is 0 Å². The normalized spacial score (nSPS) is 10.2. The molecular formula is C10H5F2N3O3S. The molecule has 98 valence electrons. The molecule has 2 rings (SSSR count). The van der Waals surface area contributed by atoms with E-state index in [1.165, 1.54) is 10.9 Å². The van der Waals surface area contributed by atoms with Crippen LogP contribution in [0.15, 0.2) is 23.0 Å². The summed E-state index contributed by atoms with van der Waals surface area (Å²) in [5.41, 5.74) is -0.223. The number of thiazole rings is 1. The number of anilines is 1. The maximum atomic E-state index is 13.5. The van der Waals surface area contributed by atoms with Crippen molar-refractivity contribution in [2.75, 3.05) is 5.32 Å². The molecule has 0 saturated carbocycles. The van der Waals surface area contributed by atoms with Crippen LogP contribution in [-0.4, -0.2) is 15.8 Å². The van der Waals surface area contributed by atoms with Gasteiger partial charge in [0.1, 0.15) is 5.69 Å². The second-order valence-corrected chi connectivity index (χ2v) is 4.06. The predicted molar refractivity (Wildman–Crippen MR) is 63.1 cm³/mol. The number of hydrogen-bond acceptors (Lipinski definition) is 5. The summed E-state index contributed by atoms with van der Waals surface area (Å²) >= 11 is 1.12. The van der Waals surface area contributed by atoms with Crippen molar-refractivity contribution in [3.05, 3.63) is 50.5 Å². The predicted octanol–water partition coefficient (Wildman–Crippen LogP) is 2.58. The molecule has 1 aromatic carbocycles. The summed E-state index contributed by atoms with van der Waals surface area (Å²) in [5, 5.41) is 14.0. The molecule has 0 aliphatic heterocycles. The van der Waals surface area contributed by atoms with E-state index in [1.54, 1.807) is 0 Å². The zero-order chi connectivity index (χ0) is 14.0. The van der Waals surface area contributed by atoms with Crippen LogP contribution >= 0.6 is 11.3 Å². The van der Waals surface area contributed by atoms with Crippen LogP contribution in [0, 0.1) is 21.7 Å². The summed E-state index contributed by atoms with van der Waals surface area (Å²) in [7, 11) is 0. The van der Waals surface area contributed by atoms with Crippen molar-refractivity contribution in [2.45, 2.75) is 0 Å². The number of rotatable bonds is 3. The summed E-state index contributed by atoms with van der Waals surface area (Å²) in [4.78, 5) is 25.1. The van der Waals surface area contributed by atoms with Gasteiger partial charge < -0.3 is 5.32 Å². The molecule has 0 unspecified atom stereocenters. The molecule has 9 heteroatoms.